The van der Waals surface area contributed by atoms with Gasteiger partial charge >= 0.3 is 0 Å². The first-order valence-electron chi connectivity index (χ1n) is 9.96. The van der Waals surface area contributed by atoms with Crippen LogP contribution in [0.15, 0.2) is 49.1 Å². The van der Waals surface area contributed by atoms with Crippen molar-refractivity contribution in [3.8, 4) is 5.69 Å². The van der Waals surface area contributed by atoms with E-state index in [9.17, 15) is 4.39 Å². The molecule has 0 N–H and O–H groups in total. The predicted octanol–water partition coefficient (Wildman–Crippen LogP) is 4.48. The lowest BCUT2D eigenvalue weighted by molar-refractivity contribution is 0.318. The summed E-state index contributed by atoms with van der Waals surface area (Å²) in [5.74, 6) is 1.30. The van der Waals surface area contributed by atoms with Gasteiger partial charge < -0.3 is 0 Å². The molecular weight excluding hydrogens is 353 g/mol. The molecule has 2 heterocycles. The topological polar surface area (TPSA) is 46.8 Å². The van der Waals surface area contributed by atoms with Gasteiger partial charge in [-0.1, -0.05) is 19.3 Å². The zero-order chi connectivity index (χ0) is 19.3. The van der Waals surface area contributed by atoms with Crippen LogP contribution in [0.25, 0.3) is 5.69 Å². The summed E-state index contributed by atoms with van der Waals surface area (Å²) in [5, 5.41) is 4.38. The Bertz CT molecular complexity index is 882. The molecule has 4 rings (SSSR count). The fourth-order valence-electron chi connectivity index (χ4n) is 3.87. The maximum atomic E-state index is 13.1. The third-order valence-electron chi connectivity index (χ3n) is 5.33. The second-order valence-corrected chi connectivity index (χ2v) is 7.73. The number of aromatic nitrogens is 4. The molecular formula is C22H26FN5. The Morgan fingerprint density at radius 2 is 1.64 bits per heavy atom. The molecule has 5 nitrogen and oxygen atoms in total. The summed E-state index contributed by atoms with van der Waals surface area (Å²) >= 11 is 0. The van der Waals surface area contributed by atoms with Crippen LogP contribution in [0.4, 0.5) is 4.39 Å². The van der Waals surface area contributed by atoms with Crippen molar-refractivity contribution >= 4 is 0 Å². The number of halogens is 1. The fraction of sp³-hybridized carbons (Fsp3) is 0.409. The molecule has 0 aliphatic heterocycles. The molecule has 0 spiro atoms. The lowest BCUT2D eigenvalue weighted by Crippen LogP contribution is -2.17. The fourth-order valence-corrected chi connectivity index (χ4v) is 3.87. The first kappa shape index (κ1) is 18.7. The van der Waals surface area contributed by atoms with Crippen LogP contribution in [0.1, 0.15) is 55.0 Å². The van der Waals surface area contributed by atoms with Crippen molar-refractivity contribution in [2.45, 2.75) is 51.1 Å². The number of hydrogen-bond donors (Lipinski definition) is 0. The van der Waals surface area contributed by atoms with Gasteiger partial charge in [-0.2, -0.15) is 5.10 Å². The molecule has 1 aliphatic carbocycles. The van der Waals surface area contributed by atoms with Gasteiger partial charge in [0.05, 0.1) is 11.9 Å². The number of rotatable bonds is 6. The Morgan fingerprint density at radius 3 is 2.36 bits per heavy atom. The van der Waals surface area contributed by atoms with Gasteiger partial charge in [0, 0.05) is 48.7 Å². The van der Waals surface area contributed by atoms with E-state index >= 15 is 0 Å². The molecule has 0 atom stereocenters. The van der Waals surface area contributed by atoms with Crippen LogP contribution in [0.5, 0.6) is 0 Å². The van der Waals surface area contributed by atoms with Gasteiger partial charge in [-0.25, -0.2) is 19.0 Å². The highest BCUT2D eigenvalue weighted by atomic mass is 19.1. The molecule has 0 radical (unpaired) electrons. The van der Waals surface area contributed by atoms with E-state index in [1.54, 1.807) is 16.8 Å². The van der Waals surface area contributed by atoms with Gasteiger partial charge in [-0.15, -0.1) is 0 Å². The molecule has 3 aromatic rings. The van der Waals surface area contributed by atoms with Crippen molar-refractivity contribution < 1.29 is 4.39 Å². The molecule has 1 aliphatic rings. The molecule has 0 unspecified atom stereocenters. The second-order valence-electron chi connectivity index (χ2n) is 7.73. The quantitative estimate of drug-likeness (QED) is 0.633. The molecule has 1 aromatic carbocycles. The van der Waals surface area contributed by atoms with Crippen molar-refractivity contribution in [1.29, 1.82) is 0 Å². The molecule has 0 saturated heterocycles. The normalized spacial score (nSPS) is 15.2. The van der Waals surface area contributed by atoms with Crippen LogP contribution in [-0.4, -0.2) is 31.7 Å². The molecule has 0 amide bonds. The molecule has 2 aromatic heterocycles. The summed E-state index contributed by atoms with van der Waals surface area (Å²) in [6, 6.07) is 6.33. The third-order valence-corrected chi connectivity index (χ3v) is 5.33. The van der Waals surface area contributed by atoms with Crippen molar-refractivity contribution in [2.24, 2.45) is 0 Å². The highest BCUT2D eigenvalue weighted by Crippen LogP contribution is 2.30. The maximum absolute atomic E-state index is 13.1. The Labute approximate surface area is 165 Å². The Morgan fingerprint density at radius 1 is 0.964 bits per heavy atom. The summed E-state index contributed by atoms with van der Waals surface area (Å²) in [7, 11) is 2.07. The second kappa shape index (κ2) is 8.61. The SMILES string of the molecule is CN(Cc1cnc(C2CCCCC2)nc1)Cc1cnn(-c2ccc(F)cc2)c1. The largest absolute Gasteiger partial charge is 0.298 e. The van der Waals surface area contributed by atoms with E-state index in [-0.39, 0.29) is 5.82 Å². The van der Waals surface area contributed by atoms with E-state index < -0.39 is 0 Å². The van der Waals surface area contributed by atoms with Gasteiger partial charge in [0.15, 0.2) is 0 Å². The van der Waals surface area contributed by atoms with Crippen molar-refractivity contribution in [1.82, 2.24) is 24.6 Å². The maximum Gasteiger partial charge on any atom is 0.131 e. The smallest absolute Gasteiger partial charge is 0.131 e. The van der Waals surface area contributed by atoms with Crippen LogP contribution in [0.3, 0.4) is 0 Å². The van der Waals surface area contributed by atoms with E-state index in [0.717, 1.165) is 35.7 Å². The zero-order valence-electron chi connectivity index (χ0n) is 16.3. The molecule has 0 bridgehead atoms. The molecule has 1 fully saturated rings. The van der Waals surface area contributed by atoms with Gasteiger partial charge in [0.2, 0.25) is 0 Å². The first-order chi connectivity index (χ1) is 13.7. The van der Waals surface area contributed by atoms with Crippen molar-refractivity contribution in [2.75, 3.05) is 7.05 Å². The van der Waals surface area contributed by atoms with Crippen molar-refractivity contribution in [3.05, 3.63) is 71.8 Å². The predicted molar refractivity (Wildman–Crippen MR) is 107 cm³/mol. The van der Waals surface area contributed by atoms with Crippen LogP contribution >= 0.6 is 0 Å². The van der Waals surface area contributed by atoms with E-state index in [1.807, 2.05) is 24.8 Å². The average molecular weight is 379 g/mol. The summed E-state index contributed by atoms with van der Waals surface area (Å²) < 4.78 is 14.8. The lowest BCUT2D eigenvalue weighted by atomic mass is 9.89. The van der Waals surface area contributed by atoms with E-state index in [0.29, 0.717) is 5.92 Å². The minimum atomic E-state index is -0.243. The van der Waals surface area contributed by atoms with Crippen LogP contribution in [-0.2, 0) is 13.1 Å². The standard InChI is InChI=1S/C22H26FN5/c1-27(14-17-11-24-22(25-12-17)19-5-3-2-4-6-19)15-18-13-26-28(16-18)21-9-7-20(23)8-10-21/h7-13,16,19H,2-6,14-15H2,1H3. The summed E-state index contributed by atoms with van der Waals surface area (Å²) in [5.41, 5.74) is 3.07. The highest BCUT2D eigenvalue weighted by molar-refractivity contribution is 5.31. The van der Waals surface area contributed by atoms with E-state index in [1.165, 1.54) is 44.2 Å². The number of benzene rings is 1. The average Bonchev–Trinajstić information content (AvgIpc) is 3.18. The van der Waals surface area contributed by atoms with E-state index in [2.05, 4.69) is 27.0 Å². The van der Waals surface area contributed by atoms with Gasteiger partial charge in [-0.05, 0) is 44.2 Å². The van der Waals surface area contributed by atoms with Crippen LogP contribution in [0, 0.1) is 5.82 Å². The lowest BCUT2D eigenvalue weighted by Gasteiger charge is -2.20. The van der Waals surface area contributed by atoms with E-state index in [4.69, 9.17) is 0 Å². The van der Waals surface area contributed by atoms with Crippen molar-refractivity contribution in [3.63, 3.8) is 0 Å². The zero-order valence-corrected chi connectivity index (χ0v) is 16.3. The molecule has 1 saturated carbocycles. The van der Waals surface area contributed by atoms with Gasteiger partial charge in [0.25, 0.3) is 0 Å². The summed E-state index contributed by atoms with van der Waals surface area (Å²) in [4.78, 5) is 11.5. The number of hydrogen-bond acceptors (Lipinski definition) is 4. The first-order valence-corrected chi connectivity index (χ1v) is 9.96. The third kappa shape index (κ3) is 4.62. The van der Waals surface area contributed by atoms with Crippen LogP contribution in [0.2, 0.25) is 0 Å². The molecule has 28 heavy (non-hydrogen) atoms. The number of nitrogens with zero attached hydrogens (tertiary/aromatic N) is 5. The van der Waals surface area contributed by atoms with Crippen LogP contribution < -0.4 is 0 Å². The Balaban J connectivity index is 1.34. The Hall–Kier alpha value is -2.60. The highest BCUT2D eigenvalue weighted by Gasteiger charge is 2.17. The van der Waals surface area contributed by atoms with Gasteiger partial charge in [0.1, 0.15) is 11.6 Å². The summed E-state index contributed by atoms with van der Waals surface area (Å²) in [6.45, 7) is 1.55. The molecule has 6 heteroatoms. The van der Waals surface area contributed by atoms with Gasteiger partial charge in [-0.3, -0.25) is 4.90 Å². The monoisotopic (exact) mass is 379 g/mol. The minimum absolute atomic E-state index is 0.243. The molecule has 146 valence electrons. The summed E-state index contributed by atoms with van der Waals surface area (Å²) in [6.07, 6.45) is 14.1. The minimum Gasteiger partial charge on any atom is -0.298 e. The Kier molecular flexibility index (Phi) is 5.76.